The molecule has 0 aliphatic carbocycles. The number of pyridine rings is 1. The Bertz CT molecular complexity index is 1180. The lowest BCUT2D eigenvalue weighted by molar-refractivity contribution is -0.112. The monoisotopic (exact) mass is 475 g/mol. The number of halogens is 1. The van der Waals surface area contributed by atoms with Gasteiger partial charge in [-0.15, -0.1) is 0 Å². The first-order chi connectivity index (χ1) is 14.8. The summed E-state index contributed by atoms with van der Waals surface area (Å²) in [6.45, 7) is 5.36. The second kappa shape index (κ2) is 10.1. The van der Waals surface area contributed by atoms with Crippen molar-refractivity contribution in [1.29, 1.82) is 0 Å². The van der Waals surface area contributed by atoms with E-state index in [-0.39, 0.29) is 11.7 Å². The lowest BCUT2D eigenvalue weighted by atomic mass is 10.1. The fourth-order valence-electron chi connectivity index (χ4n) is 2.87. The van der Waals surface area contributed by atoms with Gasteiger partial charge < -0.3 is 5.32 Å². The van der Waals surface area contributed by atoms with Gasteiger partial charge in [-0.2, -0.15) is 0 Å². The quantitative estimate of drug-likeness (QED) is 0.363. The summed E-state index contributed by atoms with van der Waals surface area (Å²) in [5.41, 5.74) is 5.28. The molecule has 0 saturated carbocycles. The third-order valence-corrected chi connectivity index (χ3v) is 4.97. The molecular formula is C25H22BrN3O2. The van der Waals surface area contributed by atoms with Crippen LogP contribution in [0.5, 0.6) is 0 Å². The van der Waals surface area contributed by atoms with Crippen molar-refractivity contribution in [2.75, 3.05) is 5.32 Å². The first-order valence-electron chi connectivity index (χ1n) is 9.69. The van der Waals surface area contributed by atoms with Gasteiger partial charge in [0.25, 0.3) is 5.91 Å². The van der Waals surface area contributed by atoms with Crippen LogP contribution in [0, 0.1) is 13.8 Å². The molecular weight excluding hydrogens is 454 g/mol. The van der Waals surface area contributed by atoms with Crippen molar-refractivity contribution in [2.24, 2.45) is 4.99 Å². The highest BCUT2D eigenvalue weighted by atomic mass is 79.9. The molecule has 0 fully saturated rings. The highest BCUT2D eigenvalue weighted by Crippen LogP contribution is 2.21. The van der Waals surface area contributed by atoms with Crippen molar-refractivity contribution in [3.05, 3.63) is 99.3 Å². The van der Waals surface area contributed by atoms with Crippen LogP contribution in [0.15, 0.2) is 76.3 Å². The lowest BCUT2D eigenvalue weighted by Gasteiger charge is -2.08. The maximum Gasteiger partial charge on any atom is 0.274 e. The minimum atomic E-state index is -0.262. The Balaban J connectivity index is 1.80. The van der Waals surface area contributed by atoms with Crippen LogP contribution in [0.4, 0.5) is 5.69 Å². The van der Waals surface area contributed by atoms with Crippen molar-refractivity contribution in [3.8, 4) is 0 Å². The van der Waals surface area contributed by atoms with Crippen molar-refractivity contribution in [1.82, 2.24) is 4.98 Å². The number of hydrogen-bond donors (Lipinski definition) is 1. The van der Waals surface area contributed by atoms with Gasteiger partial charge in [-0.25, -0.2) is 0 Å². The molecule has 0 aliphatic rings. The van der Waals surface area contributed by atoms with E-state index in [1.807, 2.05) is 62.4 Å². The van der Waals surface area contributed by atoms with Crippen molar-refractivity contribution < 1.29 is 9.59 Å². The number of allylic oxidation sites excluding steroid dienone is 1. The van der Waals surface area contributed by atoms with E-state index in [4.69, 9.17) is 0 Å². The second-order valence-electron chi connectivity index (χ2n) is 7.16. The van der Waals surface area contributed by atoms with E-state index < -0.39 is 0 Å². The molecule has 0 saturated heterocycles. The molecule has 0 radical (unpaired) electrons. The fourth-order valence-corrected chi connectivity index (χ4v) is 3.27. The lowest BCUT2D eigenvalue weighted by Crippen LogP contribution is -2.13. The summed E-state index contributed by atoms with van der Waals surface area (Å²) in [6.07, 6.45) is 4.89. The zero-order chi connectivity index (χ0) is 22.4. The van der Waals surface area contributed by atoms with Crippen LogP contribution in [0.25, 0.3) is 5.70 Å². The zero-order valence-electron chi connectivity index (χ0n) is 17.5. The van der Waals surface area contributed by atoms with Gasteiger partial charge >= 0.3 is 0 Å². The van der Waals surface area contributed by atoms with Crippen LogP contribution in [-0.2, 0) is 4.79 Å². The maximum atomic E-state index is 12.4. The molecule has 3 rings (SSSR count). The molecule has 0 atom stereocenters. The first-order valence-corrected chi connectivity index (χ1v) is 10.5. The molecule has 1 amide bonds. The molecule has 156 valence electrons. The highest BCUT2D eigenvalue weighted by Gasteiger charge is 2.08. The summed E-state index contributed by atoms with van der Waals surface area (Å²) in [5.74, 6) is -0.339. The molecule has 0 spiro atoms. The Labute approximate surface area is 190 Å². The van der Waals surface area contributed by atoms with E-state index in [9.17, 15) is 9.59 Å². The van der Waals surface area contributed by atoms with Crippen molar-refractivity contribution >= 4 is 45.2 Å². The Morgan fingerprint density at radius 1 is 1.06 bits per heavy atom. The molecule has 31 heavy (non-hydrogen) atoms. The molecule has 5 nitrogen and oxygen atoms in total. The topological polar surface area (TPSA) is 71.4 Å². The van der Waals surface area contributed by atoms with Gasteiger partial charge in [-0.05, 0) is 67.8 Å². The van der Waals surface area contributed by atoms with Gasteiger partial charge in [0.15, 0.2) is 5.78 Å². The molecule has 6 heteroatoms. The third kappa shape index (κ3) is 6.30. The van der Waals surface area contributed by atoms with E-state index in [1.54, 1.807) is 18.5 Å². The standard InChI is InChI=1S/C25H22BrN3O2/c1-16-7-10-23(27-14-16)25(31)29-22-9-8-20(17(2)11-22)15-28-24(12-18(3)30)19-5-4-6-21(26)13-19/h4-15H,1-3H3,(H,29,31)/b24-12-,28-15?. The van der Waals surface area contributed by atoms with E-state index in [1.165, 1.54) is 13.0 Å². The molecule has 0 aliphatic heterocycles. The predicted octanol–water partition coefficient (Wildman–Crippen LogP) is 5.76. The molecule has 1 aromatic heterocycles. The van der Waals surface area contributed by atoms with Gasteiger partial charge in [0, 0.05) is 34.2 Å². The van der Waals surface area contributed by atoms with E-state index in [0.717, 1.165) is 26.7 Å². The number of rotatable bonds is 6. The van der Waals surface area contributed by atoms with Gasteiger partial charge in [0.1, 0.15) is 5.69 Å². The number of anilines is 1. The van der Waals surface area contributed by atoms with Crippen LogP contribution in [0.3, 0.4) is 0 Å². The average molecular weight is 476 g/mol. The van der Waals surface area contributed by atoms with E-state index >= 15 is 0 Å². The number of carbonyl (C=O) groups excluding carboxylic acids is 2. The van der Waals surface area contributed by atoms with Crippen LogP contribution >= 0.6 is 15.9 Å². The van der Waals surface area contributed by atoms with Crippen LogP contribution in [0.2, 0.25) is 0 Å². The van der Waals surface area contributed by atoms with Gasteiger partial charge in [0.05, 0.1) is 5.70 Å². The normalized spacial score (nSPS) is 11.5. The smallest absolute Gasteiger partial charge is 0.274 e. The third-order valence-electron chi connectivity index (χ3n) is 4.47. The number of aromatic nitrogens is 1. The number of aliphatic imine (C=N–C) groups is 1. The van der Waals surface area contributed by atoms with Crippen LogP contribution in [0.1, 0.15) is 39.7 Å². The Morgan fingerprint density at radius 3 is 2.52 bits per heavy atom. The fraction of sp³-hybridized carbons (Fsp3) is 0.120. The summed E-state index contributed by atoms with van der Waals surface area (Å²) in [6, 6.07) is 16.8. The SMILES string of the molecule is CC(=O)/C=C(\N=Cc1ccc(NC(=O)c2ccc(C)cn2)cc1C)c1cccc(Br)c1. The maximum absolute atomic E-state index is 12.4. The summed E-state index contributed by atoms with van der Waals surface area (Å²) in [4.78, 5) is 32.7. The number of nitrogens with one attached hydrogen (secondary N) is 1. The second-order valence-corrected chi connectivity index (χ2v) is 8.07. The number of benzene rings is 2. The van der Waals surface area contributed by atoms with Gasteiger partial charge in [-0.1, -0.05) is 40.2 Å². The molecule has 1 N–H and O–H groups in total. The number of ketones is 1. The minimum Gasteiger partial charge on any atom is -0.321 e. The van der Waals surface area contributed by atoms with E-state index in [2.05, 4.69) is 31.2 Å². The summed E-state index contributed by atoms with van der Waals surface area (Å²) < 4.78 is 0.911. The largest absolute Gasteiger partial charge is 0.321 e. The molecule has 3 aromatic rings. The first kappa shape index (κ1) is 22.3. The highest BCUT2D eigenvalue weighted by molar-refractivity contribution is 9.10. The average Bonchev–Trinajstić information content (AvgIpc) is 2.72. The molecule has 1 heterocycles. The van der Waals surface area contributed by atoms with Crippen LogP contribution < -0.4 is 5.32 Å². The summed E-state index contributed by atoms with van der Waals surface area (Å²) in [5, 5.41) is 2.86. The number of carbonyl (C=O) groups is 2. The molecule has 0 unspecified atom stereocenters. The number of nitrogens with zero attached hydrogens (tertiary/aromatic N) is 2. The molecule has 2 aromatic carbocycles. The molecule has 0 bridgehead atoms. The number of amides is 1. The van der Waals surface area contributed by atoms with Gasteiger partial charge in [0.2, 0.25) is 0 Å². The van der Waals surface area contributed by atoms with E-state index in [0.29, 0.717) is 17.1 Å². The van der Waals surface area contributed by atoms with Crippen molar-refractivity contribution in [2.45, 2.75) is 20.8 Å². The summed E-state index contributed by atoms with van der Waals surface area (Å²) >= 11 is 3.45. The zero-order valence-corrected chi connectivity index (χ0v) is 19.1. The Morgan fingerprint density at radius 2 is 1.87 bits per heavy atom. The predicted molar refractivity (Wildman–Crippen MR) is 129 cm³/mol. The summed E-state index contributed by atoms with van der Waals surface area (Å²) in [7, 11) is 0. The Kier molecular flexibility index (Phi) is 7.26. The van der Waals surface area contributed by atoms with Gasteiger partial charge in [-0.3, -0.25) is 19.6 Å². The Hall–Kier alpha value is -3.38. The number of hydrogen-bond acceptors (Lipinski definition) is 4. The van der Waals surface area contributed by atoms with Crippen molar-refractivity contribution in [3.63, 3.8) is 0 Å². The minimum absolute atomic E-state index is 0.0772. The number of aryl methyl sites for hydroxylation is 2. The van der Waals surface area contributed by atoms with Crippen LogP contribution in [-0.4, -0.2) is 22.9 Å².